The number of rotatable bonds is 4. The summed E-state index contributed by atoms with van der Waals surface area (Å²) in [6, 6.07) is 8.47. The molecule has 1 heterocycles. The summed E-state index contributed by atoms with van der Waals surface area (Å²) in [6.07, 6.45) is 1.86. The maximum absolute atomic E-state index is 6.28. The lowest BCUT2D eigenvalue weighted by Gasteiger charge is -2.23. The van der Waals surface area contributed by atoms with Gasteiger partial charge in [-0.2, -0.15) is 0 Å². The van der Waals surface area contributed by atoms with E-state index >= 15 is 0 Å². The first-order valence-electron chi connectivity index (χ1n) is 7.10. The fraction of sp³-hybridized carbons (Fsp3) is 0.562. The average molecular weight is 259 g/mol. The van der Waals surface area contributed by atoms with Crippen LogP contribution in [-0.2, 0) is 13.0 Å². The Morgan fingerprint density at radius 1 is 1.26 bits per heavy atom. The van der Waals surface area contributed by atoms with Gasteiger partial charge in [-0.3, -0.25) is 0 Å². The smallest absolute Gasteiger partial charge is 0.111 e. The standard InChI is InChI=1S/C16H25N3/c1-5-19-14-9-7-6-8-13(14)18-15(19)10-12(17)11-16(2,3)4/h6-9,12H,5,10-11,17H2,1-4H3. The molecule has 2 aromatic rings. The zero-order valence-corrected chi connectivity index (χ0v) is 12.5. The Hall–Kier alpha value is -1.35. The first-order chi connectivity index (χ1) is 8.90. The number of benzene rings is 1. The Morgan fingerprint density at radius 2 is 1.95 bits per heavy atom. The van der Waals surface area contributed by atoms with Crippen molar-refractivity contribution in [2.45, 2.75) is 53.1 Å². The molecule has 2 rings (SSSR count). The van der Waals surface area contributed by atoms with Crippen LogP contribution in [0, 0.1) is 5.41 Å². The summed E-state index contributed by atoms with van der Waals surface area (Å²) in [5.41, 5.74) is 8.83. The first kappa shape index (κ1) is 14.1. The van der Waals surface area contributed by atoms with Crippen molar-refractivity contribution in [2.75, 3.05) is 0 Å². The number of fused-ring (bicyclic) bond motifs is 1. The van der Waals surface area contributed by atoms with Crippen molar-refractivity contribution in [3.05, 3.63) is 30.1 Å². The van der Waals surface area contributed by atoms with Gasteiger partial charge >= 0.3 is 0 Å². The Morgan fingerprint density at radius 3 is 2.58 bits per heavy atom. The molecule has 1 aromatic carbocycles. The molecule has 2 N–H and O–H groups in total. The molecule has 104 valence electrons. The monoisotopic (exact) mass is 259 g/mol. The van der Waals surface area contributed by atoms with Gasteiger partial charge in [0, 0.05) is 19.0 Å². The molecule has 1 aromatic heterocycles. The number of imidazole rings is 1. The number of aromatic nitrogens is 2. The van der Waals surface area contributed by atoms with Gasteiger partial charge in [0.15, 0.2) is 0 Å². The van der Waals surface area contributed by atoms with Crippen LogP contribution in [0.1, 0.15) is 39.9 Å². The summed E-state index contributed by atoms with van der Waals surface area (Å²) in [5.74, 6) is 1.11. The van der Waals surface area contributed by atoms with Gasteiger partial charge in [-0.05, 0) is 30.9 Å². The quantitative estimate of drug-likeness (QED) is 0.915. The van der Waals surface area contributed by atoms with Crippen molar-refractivity contribution in [3.63, 3.8) is 0 Å². The third kappa shape index (κ3) is 3.35. The molecule has 0 aliphatic rings. The van der Waals surface area contributed by atoms with Gasteiger partial charge < -0.3 is 10.3 Å². The van der Waals surface area contributed by atoms with E-state index in [9.17, 15) is 0 Å². The lowest BCUT2D eigenvalue weighted by molar-refractivity contribution is 0.335. The Labute approximate surface area is 115 Å². The van der Waals surface area contributed by atoms with E-state index in [1.165, 1.54) is 5.52 Å². The van der Waals surface area contributed by atoms with E-state index in [1.54, 1.807) is 0 Å². The van der Waals surface area contributed by atoms with E-state index in [1.807, 2.05) is 6.07 Å². The third-order valence-electron chi connectivity index (χ3n) is 3.37. The molecule has 3 heteroatoms. The fourth-order valence-electron chi connectivity index (χ4n) is 2.73. The SMILES string of the molecule is CCn1c(CC(N)CC(C)(C)C)nc2ccccc21. The molecular formula is C16H25N3. The number of nitrogens with two attached hydrogens (primary N) is 1. The maximum Gasteiger partial charge on any atom is 0.111 e. The van der Waals surface area contributed by atoms with Crippen molar-refractivity contribution in [1.82, 2.24) is 9.55 Å². The largest absolute Gasteiger partial charge is 0.328 e. The number of para-hydroxylation sites is 2. The second-order valence-corrected chi connectivity index (χ2v) is 6.49. The van der Waals surface area contributed by atoms with E-state index in [0.29, 0.717) is 0 Å². The van der Waals surface area contributed by atoms with Crippen LogP contribution in [0.15, 0.2) is 24.3 Å². The van der Waals surface area contributed by atoms with Gasteiger partial charge in [0.2, 0.25) is 0 Å². The van der Waals surface area contributed by atoms with Gasteiger partial charge in [-0.25, -0.2) is 4.98 Å². The average Bonchev–Trinajstić information content (AvgIpc) is 2.63. The van der Waals surface area contributed by atoms with Crippen LogP contribution in [0.4, 0.5) is 0 Å². The number of aryl methyl sites for hydroxylation is 1. The molecule has 0 spiro atoms. The van der Waals surface area contributed by atoms with E-state index in [0.717, 1.165) is 30.7 Å². The molecule has 0 saturated carbocycles. The predicted octanol–water partition coefficient (Wildman–Crippen LogP) is 3.36. The van der Waals surface area contributed by atoms with Crippen LogP contribution >= 0.6 is 0 Å². The summed E-state index contributed by atoms with van der Waals surface area (Å²) >= 11 is 0. The Kier molecular flexibility index (Phi) is 3.95. The van der Waals surface area contributed by atoms with Crippen molar-refractivity contribution >= 4 is 11.0 Å². The highest BCUT2D eigenvalue weighted by Gasteiger charge is 2.18. The molecular weight excluding hydrogens is 234 g/mol. The summed E-state index contributed by atoms with van der Waals surface area (Å²) in [5, 5.41) is 0. The van der Waals surface area contributed by atoms with E-state index < -0.39 is 0 Å². The van der Waals surface area contributed by atoms with Crippen molar-refractivity contribution < 1.29 is 0 Å². The zero-order chi connectivity index (χ0) is 14.0. The van der Waals surface area contributed by atoms with Crippen molar-refractivity contribution in [2.24, 2.45) is 11.1 Å². The molecule has 0 aliphatic carbocycles. The highest BCUT2D eigenvalue weighted by atomic mass is 15.1. The minimum atomic E-state index is 0.169. The molecule has 1 unspecified atom stereocenters. The number of hydrogen-bond donors (Lipinski definition) is 1. The summed E-state index contributed by atoms with van der Waals surface area (Å²) in [6.45, 7) is 9.80. The van der Waals surface area contributed by atoms with Crippen LogP contribution in [0.5, 0.6) is 0 Å². The van der Waals surface area contributed by atoms with E-state index in [2.05, 4.69) is 50.5 Å². The third-order valence-corrected chi connectivity index (χ3v) is 3.37. The zero-order valence-electron chi connectivity index (χ0n) is 12.5. The minimum Gasteiger partial charge on any atom is -0.328 e. The number of nitrogens with zero attached hydrogens (tertiary/aromatic N) is 2. The van der Waals surface area contributed by atoms with Crippen LogP contribution in [0.3, 0.4) is 0 Å². The van der Waals surface area contributed by atoms with Crippen molar-refractivity contribution in [3.8, 4) is 0 Å². The summed E-state index contributed by atoms with van der Waals surface area (Å²) in [4.78, 5) is 4.74. The second-order valence-electron chi connectivity index (χ2n) is 6.49. The first-order valence-corrected chi connectivity index (χ1v) is 7.10. The molecule has 0 saturated heterocycles. The van der Waals surface area contributed by atoms with Gasteiger partial charge in [0.25, 0.3) is 0 Å². The lowest BCUT2D eigenvalue weighted by Crippen LogP contribution is -2.29. The van der Waals surface area contributed by atoms with E-state index in [4.69, 9.17) is 10.7 Å². The molecule has 1 atom stereocenters. The fourth-order valence-corrected chi connectivity index (χ4v) is 2.73. The predicted molar refractivity (Wildman–Crippen MR) is 81.2 cm³/mol. The maximum atomic E-state index is 6.28. The van der Waals surface area contributed by atoms with Crippen LogP contribution in [0.25, 0.3) is 11.0 Å². The summed E-state index contributed by atoms with van der Waals surface area (Å²) in [7, 11) is 0. The van der Waals surface area contributed by atoms with Crippen LogP contribution in [-0.4, -0.2) is 15.6 Å². The molecule has 19 heavy (non-hydrogen) atoms. The van der Waals surface area contributed by atoms with Gasteiger partial charge in [0.05, 0.1) is 11.0 Å². The lowest BCUT2D eigenvalue weighted by atomic mass is 9.87. The molecule has 0 aliphatic heterocycles. The highest BCUT2D eigenvalue weighted by molar-refractivity contribution is 5.75. The van der Waals surface area contributed by atoms with Gasteiger partial charge in [0.1, 0.15) is 5.82 Å². The second kappa shape index (κ2) is 5.33. The van der Waals surface area contributed by atoms with Gasteiger partial charge in [-0.15, -0.1) is 0 Å². The van der Waals surface area contributed by atoms with Crippen LogP contribution in [0.2, 0.25) is 0 Å². The summed E-state index contributed by atoms with van der Waals surface area (Å²) < 4.78 is 2.28. The molecule has 0 amide bonds. The minimum absolute atomic E-state index is 0.169. The Bertz CT molecular complexity index is 549. The highest BCUT2D eigenvalue weighted by Crippen LogP contribution is 2.23. The molecule has 0 fully saturated rings. The van der Waals surface area contributed by atoms with Gasteiger partial charge in [-0.1, -0.05) is 32.9 Å². The number of hydrogen-bond acceptors (Lipinski definition) is 2. The molecule has 0 bridgehead atoms. The van der Waals surface area contributed by atoms with Crippen molar-refractivity contribution in [1.29, 1.82) is 0 Å². The molecule has 0 radical (unpaired) electrons. The topological polar surface area (TPSA) is 43.8 Å². The molecule has 3 nitrogen and oxygen atoms in total. The van der Waals surface area contributed by atoms with Crippen LogP contribution < -0.4 is 5.73 Å². The van der Waals surface area contributed by atoms with E-state index in [-0.39, 0.29) is 11.5 Å². The normalized spacial score (nSPS) is 13.9. The Balaban J connectivity index is 2.25.